The Morgan fingerprint density at radius 1 is 1.14 bits per heavy atom. The fourth-order valence-corrected chi connectivity index (χ4v) is 2.06. The summed E-state index contributed by atoms with van der Waals surface area (Å²) in [7, 11) is 0. The van der Waals surface area contributed by atoms with E-state index in [0.29, 0.717) is 0 Å². The van der Waals surface area contributed by atoms with E-state index < -0.39 is 17.7 Å². The molecule has 0 atom stereocenters. The highest BCUT2D eigenvalue weighted by molar-refractivity contribution is 6.33. The van der Waals surface area contributed by atoms with Gasteiger partial charge in [-0.25, -0.2) is 14.2 Å². The molecule has 2 aromatic rings. The van der Waals surface area contributed by atoms with Crippen molar-refractivity contribution in [3.63, 3.8) is 0 Å². The number of nitrogens with zero attached hydrogens (tertiary/aromatic N) is 1. The van der Waals surface area contributed by atoms with Crippen LogP contribution < -0.4 is 5.32 Å². The zero-order valence-electron chi connectivity index (χ0n) is 10.2. The van der Waals surface area contributed by atoms with Crippen molar-refractivity contribution in [3.8, 4) is 0 Å². The predicted molar refractivity (Wildman–Crippen MR) is 75.6 cm³/mol. The number of anilines is 1. The molecule has 0 radical (unpaired) electrons. The third-order valence-corrected chi connectivity index (χ3v) is 2.87. The van der Waals surface area contributed by atoms with Crippen molar-refractivity contribution in [2.45, 2.75) is 0 Å². The molecular weight excluding hydrogens is 322 g/mol. The molecule has 0 bridgehead atoms. The van der Waals surface area contributed by atoms with Crippen molar-refractivity contribution in [1.82, 2.24) is 4.98 Å². The summed E-state index contributed by atoms with van der Waals surface area (Å²) in [5.74, 6) is -2.66. The molecule has 0 saturated carbocycles. The smallest absolute Gasteiger partial charge is 0.337 e. The van der Waals surface area contributed by atoms with Gasteiger partial charge in [0.05, 0.1) is 11.3 Å². The van der Waals surface area contributed by atoms with E-state index in [-0.39, 0.29) is 27.1 Å². The molecule has 0 aliphatic rings. The number of amides is 1. The number of carboxylic acids is 1. The van der Waals surface area contributed by atoms with Crippen LogP contribution in [0.4, 0.5) is 10.1 Å². The van der Waals surface area contributed by atoms with Gasteiger partial charge in [0.1, 0.15) is 16.1 Å². The Balaban J connectivity index is 2.35. The average molecular weight is 329 g/mol. The van der Waals surface area contributed by atoms with E-state index >= 15 is 0 Å². The minimum Gasteiger partial charge on any atom is -0.478 e. The summed E-state index contributed by atoms with van der Waals surface area (Å²) in [5, 5.41) is 11.3. The van der Waals surface area contributed by atoms with Crippen molar-refractivity contribution in [1.29, 1.82) is 0 Å². The molecule has 0 fully saturated rings. The minimum absolute atomic E-state index is 0.00495. The first-order chi connectivity index (χ1) is 9.86. The first kappa shape index (κ1) is 15.2. The van der Waals surface area contributed by atoms with Crippen LogP contribution in [0.2, 0.25) is 10.3 Å². The van der Waals surface area contributed by atoms with Crippen LogP contribution in [0.5, 0.6) is 0 Å². The van der Waals surface area contributed by atoms with Gasteiger partial charge in [0.15, 0.2) is 0 Å². The number of carboxylic acid groups (broad SMARTS) is 1. The Hall–Kier alpha value is -2.18. The van der Waals surface area contributed by atoms with Crippen molar-refractivity contribution in [2.24, 2.45) is 0 Å². The lowest BCUT2D eigenvalue weighted by Crippen LogP contribution is -2.15. The molecule has 21 heavy (non-hydrogen) atoms. The molecule has 0 saturated heterocycles. The number of carbonyl (C=O) groups excluding carboxylic acids is 1. The van der Waals surface area contributed by atoms with Crippen LogP contribution in [0.3, 0.4) is 0 Å². The van der Waals surface area contributed by atoms with Gasteiger partial charge in [0, 0.05) is 5.56 Å². The second-order valence-electron chi connectivity index (χ2n) is 3.95. The summed E-state index contributed by atoms with van der Waals surface area (Å²) >= 11 is 11.3. The SMILES string of the molecule is O=C(Nc1cc(F)ccc1C(=O)O)c1cc(Cl)nc(Cl)c1. The van der Waals surface area contributed by atoms with Crippen molar-refractivity contribution in [3.05, 3.63) is 57.6 Å². The standard InChI is InChI=1S/C13H7Cl2FN2O3/c14-10-3-6(4-11(15)18-10)12(19)17-9-5-7(16)1-2-8(9)13(20)21/h1-5H,(H,17,19)(H,20,21). The zero-order chi connectivity index (χ0) is 15.6. The Kier molecular flexibility index (Phi) is 4.40. The molecule has 0 unspecified atom stereocenters. The highest BCUT2D eigenvalue weighted by Crippen LogP contribution is 2.20. The van der Waals surface area contributed by atoms with Gasteiger partial charge in [-0.2, -0.15) is 0 Å². The predicted octanol–water partition coefficient (Wildman–Crippen LogP) is 3.48. The number of carbonyl (C=O) groups is 2. The molecular formula is C13H7Cl2FN2O3. The lowest BCUT2D eigenvalue weighted by molar-refractivity contribution is 0.0698. The molecule has 1 aromatic heterocycles. The Morgan fingerprint density at radius 2 is 1.76 bits per heavy atom. The van der Waals surface area contributed by atoms with Crippen molar-refractivity contribution in [2.75, 3.05) is 5.32 Å². The second-order valence-corrected chi connectivity index (χ2v) is 4.72. The van der Waals surface area contributed by atoms with E-state index in [4.69, 9.17) is 28.3 Å². The minimum atomic E-state index is -1.30. The number of rotatable bonds is 3. The van der Waals surface area contributed by atoms with Crippen molar-refractivity contribution < 1.29 is 19.1 Å². The average Bonchev–Trinajstić information content (AvgIpc) is 2.37. The molecule has 2 N–H and O–H groups in total. The maximum Gasteiger partial charge on any atom is 0.337 e. The number of nitrogens with one attached hydrogen (secondary N) is 1. The van der Waals surface area contributed by atoms with Gasteiger partial charge in [-0.05, 0) is 30.3 Å². The largest absolute Gasteiger partial charge is 0.478 e. The number of halogens is 3. The van der Waals surface area contributed by atoms with E-state index in [1.165, 1.54) is 12.1 Å². The lowest BCUT2D eigenvalue weighted by Gasteiger charge is -2.09. The number of pyridine rings is 1. The molecule has 8 heteroatoms. The molecule has 1 amide bonds. The fourth-order valence-electron chi connectivity index (χ4n) is 1.60. The molecule has 0 aliphatic carbocycles. The Morgan fingerprint density at radius 3 is 2.33 bits per heavy atom. The number of benzene rings is 1. The summed E-state index contributed by atoms with van der Waals surface area (Å²) in [6.07, 6.45) is 0. The highest BCUT2D eigenvalue weighted by atomic mass is 35.5. The quantitative estimate of drug-likeness (QED) is 0.845. The van der Waals surface area contributed by atoms with Crippen LogP contribution in [0, 0.1) is 5.82 Å². The van der Waals surface area contributed by atoms with Gasteiger partial charge >= 0.3 is 5.97 Å². The summed E-state index contributed by atoms with van der Waals surface area (Å²) < 4.78 is 13.2. The number of hydrogen-bond acceptors (Lipinski definition) is 3. The maximum atomic E-state index is 13.2. The third kappa shape index (κ3) is 3.68. The van der Waals surface area contributed by atoms with Gasteiger partial charge in [-0.1, -0.05) is 23.2 Å². The molecule has 0 spiro atoms. The third-order valence-electron chi connectivity index (χ3n) is 2.49. The van der Waals surface area contributed by atoms with Gasteiger partial charge in [-0.15, -0.1) is 0 Å². The van der Waals surface area contributed by atoms with Crippen LogP contribution in [0.25, 0.3) is 0 Å². The molecule has 5 nitrogen and oxygen atoms in total. The van der Waals surface area contributed by atoms with E-state index in [1.54, 1.807) is 0 Å². The Labute approximate surface area is 128 Å². The van der Waals surface area contributed by atoms with E-state index in [9.17, 15) is 14.0 Å². The summed E-state index contributed by atoms with van der Waals surface area (Å²) in [6, 6.07) is 5.45. The van der Waals surface area contributed by atoms with Gasteiger partial charge < -0.3 is 10.4 Å². The van der Waals surface area contributed by atoms with E-state index in [2.05, 4.69) is 10.3 Å². The monoisotopic (exact) mass is 328 g/mol. The van der Waals surface area contributed by atoms with Gasteiger partial charge in [-0.3, -0.25) is 4.79 Å². The zero-order valence-corrected chi connectivity index (χ0v) is 11.7. The second kappa shape index (κ2) is 6.07. The molecule has 1 aromatic carbocycles. The number of hydrogen-bond donors (Lipinski definition) is 2. The molecule has 1 heterocycles. The first-order valence-corrected chi connectivity index (χ1v) is 6.29. The summed E-state index contributed by atoms with van der Waals surface area (Å²) in [6.45, 7) is 0. The lowest BCUT2D eigenvalue weighted by atomic mass is 10.1. The molecule has 2 rings (SSSR count). The molecule has 108 valence electrons. The Bertz CT molecular complexity index is 717. The highest BCUT2D eigenvalue weighted by Gasteiger charge is 2.15. The number of aromatic nitrogens is 1. The van der Waals surface area contributed by atoms with Crippen LogP contribution in [-0.2, 0) is 0 Å². The normalized spacial score (nSPS) is 10.2. The number of aromatic carboxylic acids is 1. The van der Waals surface area contributed by atoms with Crippen LogP contribution in [0.15, 0.2) is 30.3 Å². The molecule has 0 aliphatic heterocycles. The van der Waals surface area contributed by atoms with Crippen LogP contribution in [-0.4, -0.2) is 22.0 Å². The van der Waals surface area contributed by atoms with Gasteiger partial charge in [0.25, 0.3) is 5.91 Å². The van der Waals surface area contributed by atoms with Crippen molar-refractivity contribution >= 4 is 40.8 Å². The van der Waals surface area contributed by atoms with E-state index in [1.807, 2.05) is 0 Å². The summed E-state index contributed by atoms with van der Waals surface area (Å²) in [5.41, 5.74) is -0.340. The summed E-state index contributed by atoms with van der Waals surface area (Å²) in [4.78, 5) is 26.7. The van der Waals surface area contributed by atoms with Crippen LogP contribution >= 0.6 is 23.2 Å². The fraction of sp³-hybridized carbons (Fsp3) is 0. The topological polar surface area (TPSA) is 79.3 Å². The first-order valence-electron chi connectivity index (χ1n) is 5.54. The van der Waals surface area contributed by atoms with Crippen LogP contribution in [0.1, 0.15) is 20.7 Å². The van der Waals surface area contributed by atoms with E-state index in [0.717, 1.165) is 18.2 Å². The maximum absolute atomic E-state index is 13.2. The van der Waals surface area contributed by atoms with Gasteiger partial charge in [0.2, 0.25) is 0 Å².